The highest BCUT2D eigenvalue weighted by Gasteiger charge is 2.19. The maximum absolute atomic E-state index is 12.4. The monoisotopic (exact) mass is 285 g/mol. The van der Waals surface area contributed by atoms with Gasteiger partial charge in [-0.25, -0.2) is 0 Å². The molecule has 2 heterocycles. The molecule has 1 aliphatic rings. The predicted molar refractivity (Wildman–Crippen MR) is 81.8 cm³/mol. The van der Waals surface area contributed by atoms with Gasteiger partial charge in [-0.1, -0.05) is 0 Å². The molecular formula is C16H19N3O2. The normalized spacial score (nSPS) is 17.9. The van der Waals surface area contributed by atoms with Crippen molar-refractivity contribution in [2.24, 2.45) is 0 Å². The lowest BCUT2D eigenvalue weighted by molar-refractivity contribution is 0.0939. The summed E-state index contributed by atoms with van der Waals surface area (Å²) < 4.78 is 5.20. The van der Waals surface area contributed by atoms with Crippen molar-refractivity contribution in [1.82, 2.24) is 15.6 Å². The highest BCUT2D eigenvalue weighted by Crippen LogP contribution is 2.21. The molecule has 1 aromatic carbocycles. The number of ether oxygens (including phenoxy) is 1. The van der Waals surface area contributed by atoms with Crippen molar-refractivity contribution in [3.8, 4) is 5.75 Å². The molecule has 2 N–H and O–H groups in total. The summed E-state index contributed by atoms with van der Waals surface area (Å²) in [4.78, 5) is 16.9. The molecule has 2 aromatic rings. The zero-order valence-corrected chi connectivity index (χ0v) is 12.3. The van der Waals surface area contributed by atoms with Crippen LogP contribution in [0.5, 0.6) is 5.75 Å². The van der Waals surface area contributed by atoms with Crippen LogP contribution in [0.25, 0.3) is 10.9 Å². The highest BCUT2D eigenvalue weighted by atomic mass is 16.5. The second-order valence-corrected chi connectivity index (χ2v) is 5.34. The van der Waals surface area contributed by atoms with Gasteiger partial charge in [-0.2, -0.15) is 0 Å². The van der Waals surface area contributed by atoms with E-state index in [2.05, 4.69) is 15.6 Å². The van der Waals surface area contributed by atoms with E-state index in [0.717, 1.165) is 41.9 Å². The van der Waals surface area contributed by atoms with Crippen LogP contribution in [-0.2, 0) is 0 Å². The number of carbonyl (C=O) groups is 1. The number of benzene rings is 1. The molecule has 5 heteroatoms. The molecule has 1 atom stereocenters. The van der Waals surface area contributed by atoms with Gasteiger partial charge in [0, 0.05) is 24.0 Å². The number of aryl methyl sites for hydroxylation is 1. The lowest BCUT2D eigenvalue weighted by atomic mass is 10.1. The Labute approximate surface area is 123 Å². The van der Waals surface area contributed by atoms with Crippen LogP contribution in [-0.4, -0.2) is 37.1 Å². The number of methoxy groups -OCH3 is 1. The number of fused-ring (bicyclic) bond motifs is 1. The van der Waals surface area contributed by atoms with Crippen molar-refractivity contribution in [1.29, 1.82) is 0 Å². The summed E-state index contributed by atoms with van der Waals surface area (Å²) >= 11 is 0. The molecule has 5 nitrogen and oxygen atoms in total. The predicted octanol–water partition coefficient (Wildman–Crippen LogP) is 1.64. The first-order valence-corrected chi connectivity index (χ1v) is 7.14. The number of amides is 1. The van der Waals surface area contributed by atoms with Crippen molar-refractivity contribution >= 4 is 16.8 Å². The summed E-state index contributed by atoms with van der Waals surface area (Å²) in [7, 11) is 1.63. The van der Waals surface area contributed by atoms with Gasteiger partial charge >= 0.3 is 0 Å². The number of aromatic nitrogens is 1. The summed E-state index contributed by atoms with van der Waals surface area (Å²) in [6, 6.07) is 7.79. The number of carbonyl (C=O) groups excluding carboxylic acids is 1. The Hall–Kier alpha value is -2.14. The average molecular weight is 285 g/mol. The second kappa shape index (κ2) is 5.69. The van der Waals surface area contributed by atoms with E-state index in [1.54, 1.807) is 7.11 Å². The number of rotatable bonds is 3. The van der Waals surface area contributed by atoms with Crippen LogP contribution in [0.3, 0.4) is 0 Å². The van der Waals surface area contributed by atoms with Crippen molar-refractivity contribution in [2.75, 3.05) is 20.2 Å². The lowest BCUT2D eigenvalue weighted by Gasteiger charge is -2.13. The minimum absolute atomic E-state index is 0.0496. The number of pyridine rings is 1. The number of nitrogens with zero attached hydrogens (tertiary/aromatic N) is 1. The molecule has 1 amide bonds. The minimum Gasteiger partial charge on any atom is -0.497 e. The highest BCUT2D eigenvalue weighted by molar-refractivity contribution is 5.99. The Morgan fingerprint density at radius 2 is 2.29 bits per heavy atom. The zero-order valence-electron chi connectivity index (χ0n) is 12.3. The summed E-state index contributed by atoms with van der Waals surface area (Å²) in [6.45, 7) is 3.66. The Morgan fingerprint density at radius 3 is 3.00 bits per heavy atom. The fraction of sp³-hybridized carbons (Fsp3) is 0.375. The largest absolute Gasteiger partial charge is 0.497 e. The first-order valence-electron chi connectivity index (χ1n) is 7.14. The first-order chi connectivity index (χ1) is 10.2. The maximum Gasteiger partial charge on any atom is 0.253 e. The molecule has 0 spiro atoms. The van der Waals surface area contributed by atoms with Gasteiger partial charge < -0.3 is 15.4 Å². The standard InChI is InChI=1S/C16H19N3O2/c1-10-14(16(20)19-12-5-6-17-9-12)7-11-3-4-13(21-2)8-15(11)18-10/h3-4,7-8,12,17H,5-6,9H2,1-2H3,(H,19,20). The van der Waals surface area contributed by atoms with E-state index in [9.17, 15) is 4.79 Å². The van der Waals surface area contributed by atoms with Crippen molar-refractivity contribution in [3.63, 3.8) is 0 Å². The Bertz CT molecular complexity index is 679. The summed E-state index contributed by atoms with van der Waals surface area (Å²) in [5, 5.41) is 7.24. The molecule has 1 unspecified atom stereocenters. The minimum atomic E-state index is -0.0496. The summed E-state index contributed by atoms with van der Waals surface area (Å²) in [6.07, 6.45) is 0.975. The van der Waals surface area contributed by atoms with Crippen molar-refractivity contribution in [2.45, 2.75) is 19.4 Å². The molecule has 0 aliphatic carbocycles. The van der Waals surface area contributed by atoms with Crippen LogP contribution in [0, 0.1) is 6.92 Å². The molecule has 3 rings (SSSR count). The van der Waals surface area contributed by atoms with E-state index >= 15 is 0 Å². The smallest absolute Gasteiger partial charge is 0.253 e. The number of hydrogen-bond donors (Lipinski definition) is 2. The third-order valence-electron chi connectivity index (χ3n) is 3.86. The van der Waals surface area contributed by atoms with E-state index in [0.29, 0.717) is 5.56 Å². The van der Waals surface area contributed by atoms with Gasteiger partial charge in [0.1, 0.15) is 5.75 Å². The van der Waals surface area contributed by atoms with Crippen LogP contribution >= 0.6 is 0 Å². The van der Waals surface area contributed by atoms with Gasteiger partial charge in [-0.05, 0) is 38.1 Å². The fourth-order valence-corrected chi connectivity index (χ4v) is 2.64. The molecule has 0 bridgehead atoms. The average Bonchev–Trinajstić information content (AvgIpc) is 2.98. The molecule has 0 radical (unpaired) electrons. The van der Waals surface area contributed by atoms with Gasteiger partial charge in [0.25, 0.3) is 5.91 Å². The molecule has 110 valence electrons. The fourth-order valence-electron chi connectivity index (χ4n) is 2.64. The van der Waals surface area contributed by atoms with E-state index < -0.39 is 0 Å². The lowest BCUT2D eigenvalue weighted by Crippen LogP contribution is -2.36. The quantitative estimate of drug-likeness (QED) is 0.900. The third kappa shape index (κ3) is 2.83. The van der Waals surface area contributed by atoms with Crippen LogP contribution < -0.4 is 15.4 Å². The van der Waals surface area contributed by atoms with Crippen LogP contribution in [0.1, 0.15) is 22.5 Å². The molecular weight excluding hydrogens is 266 g/mol. The Kier molecular flexibility index (Phi) is 3.75. The third-order valence-corrected chi connectivity index (χ3v) is 3.86. The molecule has 21 heavy (non-hydrogen) atoms. The second-order valence-electron chi connectivity index (χ2n) is 5.34. The molecule has 0 saturated carbocycles. The SMILES string of the molecule is COc1ccc2cc(C(=O)NC3CCNC3)c(C)nc2c1. The van der Waals surface area contributed by atoms with Crippen molar-refractivity contribution < 1.29 is 9.53 Å². The Morgan fingerprint density at radius 1 is 1.43 bits per heavy atom. The van der Waals surface area contributed by atoms with Crippen LogP contribution in [0.4, 0.5) is 0 Å². The van der Waals surface area contributed by atoms with Gasteiger partial charge in [-0.3, -0.25) is 9.78 Å². The van der Waals surface area contributed by atoms with Crippen LogP contribution in [0.15, 0.2) is 24.3 Å². The van der Waals surface area contributed by atoms with Gasteiger partial charge in [0.05, 0.1) is 23.9 Å². The maximum atomic E-state index is 12.4. The molecule has 1 fully saturated rings. The van der Waals surface area contributed by atoms with Crippen molar-refractivity contribution in [3.05, 3.63) is 35.5 Å². The molecule has 1 saturated heterocycles. The summed E-state index contributed by atoms with van der Waals surface area (Å²) in [5.74, 6) is 0.718. The van der Waals surface area contributed by atoms with E-state index in [4.69, 9.17) is 4.74 Å². The van der Waals surface area contributed by atoms with E-state index in [1.807, 2.05) is 31.2 Å². The number of hydrogen-bond acceptors (Lipinski definition) is 4. The zero-order chi connectivity index (χ0) is 14.8. The topological polar surface area (TPSA) is 63.2 Å². The number of nitrogens with one attached hydrogen (secondary N) is 2. The molecule has 1 aliphatic heterocycles. The first kappa shape index (κ1) is 13.8. The van der Waals surface area contributed by atoms with E-state index in [-0.39, 0.29) is 11.9 Å². The Balaban J connectivity index is 1.91. The van der Waals surface area contributed by atoms with Gasteiger partial charge in [0.2, 0.25) is 0 Å². The van der Waals surface area contributed by atoms with Gasteiger partial charge in [-0.15, -0.1) is 0 Å². The summed E-state index contributed by atoms with van der Waals surface area (Å²) in [5.41, 5.74) is 2.21. The van der Waals surface area contributed by atoms with E-state index in [1.165, 1.54) is 0 Å². The molecule has 1 aromatic heterocycles. The van der Waals surface area contributed by atoms with Gasteiger partial charge in [0.15, 0.2) is 0 Å². The van der Waals surface area contributed by atoms with Crippen LogP contribution in [0.2, 0.25) is 0 Å².